The maximum atomic E-state index is 12.7. The number of nitrogens with one attached hydrogen (secondary N) is 1. The fraction of sp³-hybridized carbons (Fsp3) is 0.381. The number of piperidine rings is 1. The molecule has 0 aromatic heterocycles. The Morgan fingerprint density at radius 3 is 2.64 bits per heavy atom. The molecule has 0 bridgehead atoms. The molecule has 2 atom stereocenters. The van der Waals surface area contributed by atoms with Gasteiger partial charge in [0.25, 0.3) is 0 Å². The van der Waals surface area contributed by atoms with E-state index in [0.717, 1.165) is 38.0 Å². The van der Waals surface area contributed by atoms with Crippen molar-refractivity contribution in [3.63, 3.8) is 0 Å². The Bertz CT molecular complexity index is 687. The van der Waals surface area contributed by atoms with Gasteiger partial charge in [-0.2, -0.15) is 0 Å². The molecule has 1 amide bonds. The first-order chi connectivity index (χ1) is 12.1. The molecule has 0 spiro atoms. The van der Waals surface area contributed by atoms with Gasteiger partial charge in [-0.05, 0) is 49.6 Å². The minimum absolute atomic E-state index is 0.00531. The molecule has 1 aliphatic rings. The third kappa shape index (κ3) is 5.07. The van der Waals surface area contributed by atoms with Crippen molar-refractivity contribution in [1.29, 1.82) is 0 Å². The first-order valence-electron chi connectivity index (χ1n) is 8.94. The van der Waals surface area contributed by atoms with E-state index < -0.39 is 0 Å². The number of rotatable bonds is 5. The molecule has 3 rings (SSSR count). The third-order valence-corrected chi connectivity index (χ3v) is 5.11. The van der Waals surface area contributed by atoms with E-state index in [0.29, 0.717) is 5.02 Å². The van der Waals surface area contributed by atoms with Crippen molar-refractivity contribution in [3.05, 3.63) is 70.7 Å². The van der Waals surface area contributed by atoms with Crippen LogP contribution in [0, 0.1) is 5.92 Å². The van der Waals surface area contributed by atoms with Crippen LogP contribution >= 0.6 is 11.6 Å². The number of carbonyl (C=O) groups excluding carboxylic acids is 1. The van der Waals surface area contributed by atoms with Gasteiger partial charge in [-0.25, -0.2) is 0 Å². The fourth-order valence-electron chi connectivity index (χ4n) is 3.42. The van der Waals surface area contributed by atoms with Gasteiger partial charge in [0.1, 0.15) is 0 Å². The van der Waals surface area contributed by atoms with E-state index in [2.05, 4.69) is 34.5 Å². The SMILES string of the molecule is C[C@H](NC(=O)[C@@H]1CCCN(Cc2ccccc2)C1)c1ccc(Cl)cc1. The summed E-state index contributed by atoms with van der Waals surface area (Å²) < 4.78 is 0. The second-order valence-electron chi connectivity index (χ2n) is 6.84. The molecule has 0 radical (unpaired) electrons. The Labute approximate surface area is 155 Å². The molecule has 1 saturated heterocycles. The lowest BCUT2D eigenvalue weighted by atomic mass is 9.96. The van der Waals surface area contributed by atoms with E-state index in [1.807, 2.05) is 37.3 Å². The largest absolute Gasteiger partial charge is 0.349 e. The van der Waals surface area contributed by atoms with E-state index in [4.69, 9.17) is 11.6 Å². The van der Waals surface area contributed by atoms with E-state index in [9.17, 15) is 4.79 Å². The summed E-state index contributed by atoms with van der Waals surface area (Å²) in [5, 5.41) is 3.88. The van der Waals surface area contributed by atoms with Crippen LogP contribution in [0.15, 0.2) is 54.6 Å². The molecule has 2 aromatic carbocycles. The number of amides is 1. The van der Waals surface area contributed by atoms with E-state index >= 15 is 0 Å². The number of halogens is 1. The highest BCUT2D eigenvalue weighted by Crippen LogP contribution is 2.21. The molecule has 1 aliphatic heterocycles. The summed E-state index contributed by atoms with van der Waals surface area (Å²) >= 11 is 5.93. The molecule has 3 nitrogen and oxygen atoms in total. The number of benzene rings is 2. The lowest BCUT2D eigenvalue weighted by molar-refractivity contribution is -0.127. The minimum Gasteiger partial charge on any atom is -0.349 e. The molecule has 132 valence electrons. The van der Waals surface area contributed by atoms with Crippen molar-refractivity contribution in [2.24, 2.45) is 5.92 Å². The van der Waals surface area contributed by atoms with Gasteiger partial charge in [0, 0.05) is 18.1 Å². The lowest BCUT2D eigenvalue weighted by Gasteiger charge is -2.32. The Morgan fingerprint density at radius 1 is 1.20 bits per heavy atom. The summed E-state index contributed by atoms with van der Waals surface area (Å²) in [6.45, 7) is 4.82. The van der Waals surface area contributed by atoms with Gasteiger partial charge >= 0.3 is 0 Å². The van der Waals surface area contributed by atoms with Crippen LogP contribution < -0.4 is 5.32 Å². The van der Waals surface area contributed by atoms with Crippen LogP contribution in [0.3, 0.4) is 0 Å². The van der Waals surface area contributed by atoms with Gasteiger partial charge in [-0.15, -0.1) is 0 Å². The van der Waals surface area contributed by atoms with Crippen molar-refractivity contribution in [1.82, 2.24) is 10.2 Å². The maximum Gasteiger partial charge on any atom is 0.224 e. The predicted molar refractivity (Wildman–Crippen MR) is 102 cm³/mol. The van der Waals surface area contributed by atoms with Gasteiger partial charge in [-0.3, -0.25) is 9.69 Å². The average molecular weight is 357 g/mol. The smallest absolute Gasteiger partial charge is 0.224 e. The maximum absolute atomic E-state index is 12.7. The van der Waals surface area contributed by atoms with Crippen LogP contribution in [-0.4, -0.2) is 23.9 Å². The summed E-state index contributed by atoms with van der Waals surface area (Å²) in [6.07, 6.45) is 2.03. The first-order valence-corrected chi connectivity index (χ1v) is 9.32. The molecule has 25 heavy (non-hydrogen) atoms. The third-order valence-electron chi connectivity index (χ3n) is 4.85. The van der Waals surface area contributed by atoms with Crippen LogP contribution in [-0.2, 0) is 11.3 Å². The van der Waals surface area contributed by atoms with Crippen LogP contribution in [0.1, 0.15) is 36.9 Å². The Kier molecular flexibility index (Phi) is 6.11. The van der Waals surface area contributed by atoms with Crippen molar-refractivity contribution in [2.75, 3.05) is 13.1 Å². The van der Waals surface area contributed by atoms with Crippen LogP contribution in [0.2, 0.25) is 5.02 Å². The Balaban J connectivity index is 1.55. The minimum atomic E-state index is -0.00531. The standard InChI is InChI=1S/C21H25ClN2O/c1-16(18-9-11-20(22)12-10-18)23-21(25)19-8-5-13-24(15-19)14-17-6-3-2-4-7-17/h2-4,6-7,9-12,16,19H,5,8,13-15H2,1H3,(H,23,25)/t16-,19+/m0/s1. The van der Waals surface area contributed by atoms with Crippen molar-refractivity contribution in [2.45, 2.75) is 32.4 Å². The van der Waals surface area contributed by atoms with Crippen molar-refractivity contribution in [3.8, 4) is 0 Å². The van der Waals surface area contributed by atoms with Crippen LogP contribution in [0.5, 0.6) is 0 Å². The number of hydrogen-bond acceptors (Lipinski definition) is 2. The molecule has 0 saturated carbocycles. The zero-order chi connectivity index (χ0) is 17.6. The van der Waals surface area contributed by atoms with Gasteiger partial charge in [0.15, 0.2) is 0 Å². The number of nitrogens with zero attached hydrogens (tertiary/aromatic N) is 1. The van der Waals surface area contributed by atoms with E-state index in [1.165, 1.54) is 5.56 Å². The summed E-state index contributed by atoms with van der Waals surface area (Å²) in [6, 6.07) is 18.1. The van der Waals surface area contributed by atoms with Gasteiger partial charge < -0.3 is 5.32 Å². The van der Waals surface area contributed by atoms with Gasteiger partial charge in [0.2, 0.25) is 5.91 Å². The zero-order valence-corrected chi connectivity index (χ0v) is 15.4. The summed E-state index contributed by atoms with van der Waals surface area (Å²) in [5.41, 5.74) is 2.38. The number of hydrogen-bond donors (Lipinski definition) is 1. The molecule has 4 heteroatoms. The molecule has 0 unspecified atom stereocenters. The number of likely N-dealkylation sites (tertiary alicyclic amines) is 1. The molecule has 0 aliphatic carbocycles. The zero-order valence-electron chi connectivity index (χ0n) is 14.6. The monoisotopic (exact) mass is 356 g/mol. The Hall–Kier alpha value is -1.84. The second-order valence-corrected chi connectivity index (χ2v) is 7.28. The van der Waals surface area contributed by atoms with Crippen LogP contribution in [0.4, 0.5) is 0 Å². The summed E-state index contributed by atoms with van der Waals surface area (Å²) in [7, 11) is 0. The molecule has 2 aromatic rings. The highest BCUT2D eigenvalue weighted by Gasteiger charge is 2.26. The average Bonchev–Trinajstić information content (AvgIpc) is 2.63. The quantitative estimate of drug-likeness (QED) is 0.859. The van der Waals surface area contributed by atoms with Crippen LogP contribution in [0.25, 0.3) is 0 Å². The van der Waals surface area contributed by atoms with Gasteiger partial charge in [-0.1, -0.05) is 54.1 Å². The summed E-state index contributed by atoms with van der Waals surface area (Å²) in [5.74, 6) is 0.215. The molecule has 1 fully saturated rings. The van der Waals surface area contributed by atoms with Gasteiger partial charge in [0.05, 0.1) is 12.0 Å². The Morgan fingerprint density at radius 2 is 1.92 bits per heavy atom. The molecular formula is C21H25ClN2O. The topological polar surface area (TPSA) is 32.3 Å². The van der Waals surface area contributed by atoms with E-state index in [-0.39, 0.29) is 17.9 Å². The molecular weight excluding hydrogens is 332 g/mol. The molecule has 1 heterocycles. The van der Waals surface area contributed by atoms with E-state index in [1.54, 1.807) is 0 Å². The molecule has 1 N–H and O–H groups in total. The first kappa shape index (κ1) is 18.0. The highest BCUT2D eigenvalue weighted by atomic mass is 35.5. The van der Waals surface area contributed by atoms with Crippen molar-refractivity contribution >= 4 is 17.5 Å². The highest BCUT2D eigenvalue weighted by molar-refractivity contribution is 6.30. The predicted octanol–water partition coefficient (Wildman–Crippen LogP) is 4.43. The normalized spacial score (nSPS) is 19.4. The second kappa shape index (κ2) is 8.50. The van der Waals surface area contributed by atoms with Crippen molar-refractivity contribution < 1.29 is 4.79 Å². The number of carbonyl (C=O) groups is 1. The fourth-order valence-corrected chi connectivity index (χ4v) is 3.55. The summed E-state index contributed by atoms with van der Waals surface area (Å²) in [4.78, 5) is 15.1. The lowest BCUT2D eigenvalue weighted by Crippen LogP contribution is -2.43.